The molecule has 0 aliphatic heterocycles. The van der Waals surface area contributed by atoms with Crippen LogP contribution >= 0.6 is 11.6 Å². The third kappa shape index (κ3) is 2.87. The Bertz CT molecular complexity index is 406. The van der Waals surface area contributed by atoms with Crippen LogP contribution in [0, 0.1) is 6.92 Å². The van der Waals surface area contributed by atoms with Crippen LogP contribution in [0.25, 0.3) is 0 Å². The van der Waals surface area contributed by atoms with Crippen LogP contribution in [0.1, 0.15) is 23.6 Å². The molecule has 16 heavy (non-hydrogen) atoms. The summed E-state index contributed by atoms with van der Waals surface area (Å²) in [6.07, 6.45) is -0.135. The van der Waals surface area contributed by atoms with Crippen LogP contribution in [-0.2, 0) is 4.79 Å². The second kappa shape index (κ2) is 5.18. The van der Waals surface area contributed by atoms with Crippen LogP contribution in [0.2, 0.25) is 5.02 Å². The fourth-order valence-electron chi connectivity index (χ4n) is 1.57. The number of rotatable bonds is 4. The Morgan fingerprint density at radius 2 is 2.25 bits per heavy atom. The van der Waals surface area contributed by atoms with Crippen LogP contribution in [-0.4, -0.2) is 18.2 Å². The zero-order valence-corrected chi connectivity index (χ0v) is 9.91. The molecule has 1 aromatic rings. The lowest BCUT2D eigenvalue weighted by molar-refractivity contribution is -0.137. The highest BCUT2D eigenvalue weighted by atomic mass is 35.5. The number of carbonyl (C=O) groups is 1. The van der Waals surface area contributed by atoms with Crippen LogP contribution in [0.3, 0.4) is 0 Å². The van der Waals surface area contributed by atoms with Crippen molar-refractivity contribution in [3.05, 3.63) is 28.3 Å². The van der Waals surface area contributed by atoms with Gasteiger partial charge in [-0.05, 0) is 30.2 Å². The fraction of sp³-hybridized carbons (Fsp3) is 0.364. The molecule has 0 saturated heterocycles. The molecule has 0 amide bonds. The normalized spacial score (nSPS) is 12.2. The molecule has 0 saturated carbocycles. The minimum atomic E-state index is -0.939. The lowest BCUT2D eigenvalue weighted by atomic mass is 9.99. The number of methoxy groups -OCH3 is 1. The van der Waals surface area contributed by atoms with Crippen molar-refractivity contribution in [2.75, 3.05) is 7.11 Å². The molecule has 0 radical (unpaired) electrons. The minimum absolute atomic E-state index is 0.135. The van der Waals surface area contributed by atoms with E-state index in [0.717, 1.165) is 5.56 Å². The third-order valence-electron chi connectivity index (χ3n) is 2.38. The molecule has 0 fully saturated rings. The number of benzene rings is 1. The van der Waals surface area contributed by atoms with Gasteiger partial charge in [0.1, 0.15) is 5.75 Å². The van der Waals surface area contributed by atoms with Crippen molar-refractivity contribution in [3.8, 4) is 5.75 Å². The van der Waals surface area contributed by atoms with Crippen LogP contribution in [0.4, 0.5) is 0 Å². The van der Waals surface area contributed by atoms with E-state index in [1.165, 1.54) is 7.11 Å². The molecule has 3 N–H and O–H groups in total. The SMILES string of the molecule is COc1cc(Cl)cc(C(N)CC(=O)O)c1C. The van der Waals surface area contributed by atoms with Crippen molar-refractivity contribution in [2.45, 2.75) is 19.4 Å². The molecular formula is C11H14ClNO3. The van der Waals surface area contributed by atoms with Crippen LogP contribution in [0.15, 0.2) is 12.1 Å². The van der Waals surface area contributed by atoms with Gasteiger partial charge in [0.2, 0.25) is 0 Å². The number of carboxylic acids is 1. The Hall–Kier alpha value is -1.26. The van der Waals surface area contributed by atoms with Gasteiger partial charge in [-0.15, -0.1) is 0 Å². The number of hydrogen-bond acceptors (Lipinski definition) is 3. The number of halogens is 1. The predicted octanol–water partition coefficient (Wildman–Crippen LogP) is 2.13. The number of ether oxygens (including phenoxy) is 1. The van der Waals surface area contributed by atoms with Gasteiger partial charge in [0.05, 0.1) is 13.5 Å². The lowest BCUT2D eigenvalue weighted by Crippen LogP contribution is -2.16. The fourth-order valence-corrected chi connectivity index (χ4v) is 1.79. The van der Waals surface area contributed by atoms with Gasteiger partial charge in [0.25, 0.3) is 0 Å². The van der Waals surface area contributed by atoms with Crippen molar-refractivity contribution in [1.82, 2.24) is 0 Å². The van der Waals surface area contributed by atoms with Gasteiger partial charge in [0, 0.05) is 11.1 Å². The Balaban J connectivity index is 3.12. The second-order valence-electron chi connectivity index (χ2n) is 3.53. The van der Waals surface area contributed by atoms with Gasteiger partial charge in [-0.3, -0.25) is 4.79 Å². The molecule has 4 nitrogen and oxygen atoms in total. The summed E-state index contributed by atoms with van der Waals surface area (Å²) in [5, 5.41) is 9.17. The summed E-state index contributed by atoms with van der Waals surface area (Å²) in [4.78, 5) is 10.6. The monoisotopic (exact) mass is 243 g/mol. The molecule has 0 aliphatic rings. The third-order valence-corrected chi connectivity index (χ3v) is 2.60. The first-order valence-corrected chi connectivity index (χ1v) is 5.15. The standard InChI is InChI=1S/C11H14ClNO3/c1-6-8(9(13)5-11(14)15)3-7(12)4-10(6)16-2/h3-4,9H,5,13H2,1-2H3,(H,14,15). The van der Waals surface area contributed by atoms with Gasteiger partial charge < -0.3 is 15.6 Å². The summed E-state index contributed by atoms with van der Waals surface area (Å²) in [5.41, 5.74) is 7.31. The molecule has 1 rings (SSSR count). The van der Waals surface area contributed by atoms with E-state index in [9.17, 15) is 4.79 Å². The average Bonchev–Trinajstić information content (AvgIpc) is 2.19. The Morgan fingerprint density at radius 3 is 2.75 bits per heavy atom. The van der Waals surface area contributed by atoms with Gasteiger partial charge in [0.15, 0.2) is 0 Å². The Morgan fingerprint density at radius 1 is 1.62 bits per heavy atom. The first-order chi connectivity index (χ1) is 7.45. The highest BCUT2D eigenvalue weighted by Gasteiger charge is 2.16. The van der Waals surface area contributed by atoms with E-state index < -0.39 is 12.0 Å². The topological polar surface area (TPSA) is 72.5 Å². The summed E-state index contributed by atoms with van der Waals surface area (Å²) >= 11 is 5.90. The molecule has 0 bridgehead atoms. The van der Waals surface area contributed by atoms with Crippen molar-refractivity contribution < 1.29 is 14.6 Å². The summed E-state index contributed by atoms with van der Waals surface area (Å²) < 4.78 is 5.13. The van der Waals surface area contributed by atoms with Gasteiger partial charge in [-0.2, -0.15) is 0 Å². The molecule has 5 heteroatoms. The van der Waals surface area contributed by atoms with Crippen molar-refractivity contribution in [3.63, 3.8) is 0 Å². The summed E-state index contributed by atoms with van der Waals surface area (Å²) in [6, 6.07) is 2.77. The van der Waals surface area contributed by atoms with Gasteiger partial charge in [-0.1, -0.05) is 11.6 Å². The molecule has 88 valence electrons. The van der Waals surface area contributed by atoms with Crippen molar-refractivity contribution >= 4 is 17.6 Å². The van der Waals surface area contributed by atoms with Crippen molar-refractivity contribution in [1.29, 1.82) is 0 Å². The number of carboxylic acid groups (broad SMARTS) is 1. The first-order valence-electron chi connectivity index (χ1n) is 4.77. The average molecular weight is 244 g/mol. The molecule has 1 unspecified atom stereocenters. The minimum Gasteiger partial charge on any atom is -0.496 e. The zero-order chi connectivity index (χ0) is 12.3. The van der Waals surface area contributed by atoms with E-state index in [1.807, 2.05) is 6.92 Å². The lowest BCUT2D eigenvalue weighted by Gasteiger charge is -2.16. The molecule has 0 aliphatic carbocycles. The van der Waals surface area contributed by atoms with Gasteiger partial charge in [-0.25, -0.2) is 0 Å². The number of aliphatic carboxylic acids is 1. The van der Waals surface area contributed by atoms with E-state index in [0.29, 0.717) is 16.3 Å². The molecule has 1 aromatic carbocycles. The Kier molecular flexibility index (Phi) is 4.15. The van der Waals surface area contributed by atoms with Crippen molar-refractivity contribution in [2.24, 2.45) is 5.73 Å². The first kappa shape index (κ1) is 12.8. The van der Waals surface area contributed by atoms with E-state index in [2.05, 4.69) is 0 Å². The van der Waals surface area contributed by atoms with E-state index >= 15 is 0 Å². The summed E-state index contributed by atoms with van der Waals surface area (Å²) in [7, 11) is 1.53. The Labute approximate surface area is 99.0 Å². The number of hydrogen-bond donors (Lipinski definition) is 2. The smallest absolute Gasteiger partial charge is 0.305 e. The summed E-state index contributed by atoms with van der Waals surface area (Å²) in [5.74, 6) is -0.325. The largest absolute Gasteiger partial charge is 0.496 e. The molecule has 0 aromatic heterocycles. The number of nitrogens with two attached hydrogens (primary N) is 1. The molecule has 0 spiro atoms. The second-order valence-corrected chi connectivity index (χ2v) is 3.96. The highest BCUT2D eigenvalue weighted by Crippen LogP contribution is 2.30. The quantitative estimate of drug-likeness (QED) is 0.850. The van der Waals surface area contributed by atoms with Gasteiger partial charge >= 0.3 is 5.97 Å². The van der Waals surface area contributed by atoms with E-state index in [1.54, 1.807) is 12.1 Å². The maximum absolute atomic E-state index is 10.6. The predicted molar refractivity (Wildman–Crippen MR) is 61.9 cm³/mol. The van der Waals surface area contributed by atoms with E-state index in [4.69, 9.17) is 27.2 Å². The van der Waals surface area contributed by atoms with Crippen LogP contribution in [0.5, 0.6) is 5.75 Å². The zero-order valence-electron chi connectivity index (χ0n) is 9.16. The highest BCUT2D eigenvalue weighted by molar-refractivity contribution is 6.30. The maximum atomic E-state index is 10.6. The van der Waals surface area contributed by atoms with Crippen LogP contribution < -0.4 is 10.5 Å². The van der Waals surface area contributed by atoms with E-state index in [-0.39, 0.29) is 6.42 Å². The molecular weight excluding hydrogens is 230 g/mol. The maximum Gasteiger partial charge on any atom is 0.305 e. The molecule has 1 atom stereocenters. The molecule has 0 heterocycles. The summed E-state index contributed by atoms with van der Waals surface area (Å²) in [6.45, 7) is 1.83.